The summed E-state index contributed by atoms with van der Waals surface area (Å²) < 4.78 is 33.6. The zero-order chi connectivity index (χ0) is 21.4. The van der Waals surface area contributed by atoms with Gasteiger partial charge in [-0.2, -0.15) is 4.58 Å². The maximum absolute atomic E-state index is 10.4. The molecule has 0 fully saturated rings. The van der Waals surface area contributed by atoms with Crippen LogP contribution < -0.4 is 0 Å². The Labute approximate surface area is 173 Å². The fraction of sp³-hybridized carbons (Fsp3) is 0.292. The Balaban J connectivity index is 0.000000188. The molecule has 0 saturated heterocycles. The first-order chi connectivity index (χ1) is 13.6. The van der Waals surface area contributed by atoms with Crippen molar-refractivity contribution < 1.29 is 17.5 Å². The van der Waals surface area contributed by atoms with Crippen LogP contribution in [0.2, 0.25) is 0 Å². The number of rotatable bonds is 2. The lowest BCUT2D eigenvalue weighted by molar-refractivity contribution is -0.434. The van der Waals surface area contributed by atoms with Crippen LogP contribution in [0.25, 0.3) is 10.8 Å². The van der Waals surface area contributed by atoms with Crippen LogP contribution in [0.4, 0.5) is 5.69 Å². The minimum absolute atomic E-state index is 0.131. The largest absolute Gasteiger partial charge is 0.744 e. The topological polar surface area (TPSA) is 60.2 Å². The summed E-state index contributed by atoms with van der Waals surface area (Å²) in [5, 5.41) is 2.74. The van der Waals surface area contributed by atoms with Crippen molar-refractivity contribution >= 4 is 32.3 Å². The van der Waals surface area contributed by atoms with Crippen molar-refractivity contribution in [3.05, 3.63) is 71.8 Å². The molecule has 0 radical (unpaired) electrons. The average molecular weight is 410 g/mol. The third-order valence-corrected chi connectivity index (χ3v) is 6.61. The van der Waals surface area contributed by atoms with Gasteiger partial charge in [-0.25, -0.2) is 8.42 Å². The van der Waals surface area contributed by atoms with Crippen LogP contribution in [-0.2, 0) is 15.5 Å². The van der Waals surface area contributed by atoms with E-state index in [2.05, 4.69) is 68.7 Å². The first kappa shape index (κ1) is 21.2. The van der Waals surface area contributed by atoms with Gasteiger partial charge in [0.15, 0.2) is 5.71 Å². The molecule has 0 spiro atoms. The minimum Gasteiger partial charge on any atom is -0.744 e. The summed E-state index contributed by atoms with van der Waals surface area (Å²) in [5.74, 6) is 0. The summed E-state index contributed by atoms with van der Waals surface area (Å²) in [6.07, 6.45) is 0. The molecular weight excluding hydrogens is 382 g/mol. The molecule has 0 amide bonds. The van der Waals surface area contributed by atoms with Crippen molar-refractivity contribution in [1.29, 1.82) is 0 Å². The second-order valence-electron chi connectivity index (χ2n) is 7.90. The molecule has 1 aliphatic heterocycles. The smallest absolute Gasteiger partial charge is 0.210 e. The van der Waals surface area contributed by atoms with Gasteiger partial charge in [-0.05, 0) is 56.7 Å². The Morgan fingerprint density at radius 3 is 2.14 bits per heavy atom. The normalized spacial score (nSPS) is 15.1. The Morgan fingerprint density at radius 1 is 0.931 bits per heavy atom. The van der Waals surface area contributed by atoms with Crippen LogP contribution in [0.15, 0.2) is 65.6 Å². The molecule has 0 N–H and O–H groups in total. The Hall–Kier alpha value is -2.50. The zero-order valence-electron chi connectivity index (χ0n) is 17.6. The molecule has 29 heavy (non-hydrogen) atoms. The van der Waals surface area contributed by atoms with Gasteiger partial charge >= 0.3 is 0 Å². The van der Waals surface area contributed by atoms with E-state index in [9.17, 15) is 13.0 Å². The minimum atomic E-state index is -4.27. The van der Waals surface area contributed by atoms with E-state index in [1.807, 2.05) is 6.92 Å². The van der Waals surface area contributed by atoms with Crippen molar-refractivity contribution in [3.8, 4) is 0 Å². The van der Waals surface area contributed by atoms with Gasteiger partial charge in [0.2, 0.25) is 5.69 Å². The predicted octanol–water partition coefficient (Wildman–Crippen LogP) is 5.15. The highest BCUT2D eigenvalue weighted by Crippen LogP contribution is 2.43. The number of benzene rings is 3. The van der Waals surface area contributed by atoms with Crippen molar-refractivity contribution in [1.82, 2.24) is 0 Å². The summed E-state index contributed by atoms with van der Waals surface area (Å²) >= 11 is 0. The summed E-state index contributed by atoms with van der Waals surface area (Å²) in [5.41, 5.74) is 5.39. The highest BCUT2D eigenvalue weighted by atomic mass is 32.2. The van der Waals surface area contributed by atoms with Crippen LogP contribution in [-0.4, -0.2) is 29.8 Å². The van der Waals surface area contributed by atoms with Gasteiger partial charge in [-0.3, -0.25) is 0 Å². The lowest BCUT2D eigenvalue weighted by atomic mass is 9.80. The van der Waals surface area contributed by atoms with Gasteiger partial charge in [0.05, 0.1) is 10.3 Å². The van der Waals surface area contributed by atoms with Crippen LogP contribution in [0, 0.1) is 6.92 Å². The molecule has 0 atom stereocenters. The second-order valence-corrected chi connectivity index (χ2v) is 9.28. The molecule has 0 aromatic heterocycles. The maximum Gasteiger partial charge on any atom is 0.210 e. The Morgan fingerprint density at radius 2 is 1.55 bits per heavy atom. The zero-order valence-corrected chi connectivity index (χ0v) is 18.4. The fourth-order valence-corrected chi connectivity index (χ4v) is 4.42. The first-order valence-electron chi connectivity index (χ1n) is 9.73. The third-order valence-electron chi connectivity index (χ3n) is 5.76. The van der Waals surface area contributed by atoms with Gasteiger partial charge in [0.25, 0.3) is 0 Å². The average Bonchev–Trinajstić information content (AvgIpc) is 2.88. The van der Waals surface area contributed by atoms with Crippen molar-refractivity contribution in [2.45, 2.75) is 44.9 Å². The fourth-order valence-electron chi connectivity index (χ4n) is 3.95. The van der Waals surface area contributed by atoms with Gasteiger partial charge in [0, 0.05) is 18.6 Å². The molecule has 152 valence electrons. The van der Waals surface area contributed by atoms with Crippen LogP contribution >= 0.6 is 0 Å². The van der Waals surface area contributed by atoms with Gasteiger partial charge in [0.1, 0.15) is 16.7 Å². The SMILES string of the molecule is CC[N+]1=C(C)C(C)(C)c2c1ccc1ccccc21.Cc1ccc(S(=O)(=O)[O-])cc1. The van der Waals surface area contributed by atoms with Gasteiger partial charge < -0.3 is 4.55 Å². The van der Waals surface area contributed by atoms with E-state index in [1.54, 1.807) is 12.1 Å². The van der Waals surface area contributed by atoms with Crippen LogP contribution in [0.5, 0.6) is 0 Å². The Bertz CT molecular complexity index is 1190. The molecule has 0 bridgehead atoms. The number of hydrogen-bond donors (Lipinski definition) is 0. The lowest BCUT2D eigenvalue weighted by Gasteiger charge is -2.17. The van der Waals surface area contributed by atoms with Crippen molar-refractivity contribution in [2.75, 3.05) is 6.54 Å². The molecule has 1 aliphatic rings. The molecule has 3 aromatic rings. The molecule has 0 saturated carbocycles. The Kier molecular flexibility index (Phi) is 5.65. The lowest BCUT2D eigenvalue weighted by Crippen LogP contribution is -2.26. The highest BCUT2D eigenvalue weighted by Gasteiger charge is 2.43. The van der Waals surface area contributed by atoms with E-state index < -0.39 is 10.1 Å². The molecule has 0 aliphatic carbocycles. The summed E-state index contributed by atoms with van der Waals surface area (Å²) in [6, 6.07) is 19.0. The van der Waals surface area contributed by atoms with Gasteiger partial charge in [-0.1, -0.05) is 42.0 Å². The second kappa shape index (κ2) is 7.73. The number of nitrogens with zero attached hydrogens (tertiary/aromatic N) is 1. The highest BCUT2D eigenvalue weighted by molar-refractivity contribution is 7.85. The number of hydrogen-bond acceptors (Lipinski definition) is 3. The molecule has 5 heteroatoms. The summed E-state index contributed by atoms with van der Waals surface area (Å²) in [4.78, 5) is -0.178. The van der Waals surface area contributed by atoms with Crippen molar-refractivity contribution in [3.63, 3.8) is 0 Å². The maximum atomic E-state index is 10.4. The van der Waals surface area contributed by atoms with E-state index >= 15 is 0 Å². The van der Waals surface area contributed by atoms with Crippen LogP contribution in [0.1, 0.15) is 38.8 Å². The van der Waals surface area contributed by atoms with E-state index in [-0.39, 0.29) is 10.3 Å². The van der Waals surface area contributed by atoms with E-state index in [1.165, 1.54) is 39.9 Å². The van der Waals surface area contributed by atoms with E-state index in [0.717, 1.165) is 12.1 Å². The quantitative estimate of drug-likeness (QED) is 0.434. The van der Waals surface area contributed by atoms with E-state index in [4.69, 9.17) is 0 Å². The monoisotopic (exact) mass is 409 g/mol. The molecule has 4 rings (SSSR count). The molecule has 1 heterocycles. The first-order valence-corrected chi connectivity index (χ1v) is 11.1. The van der Waals surface area contributed by atoms with Crippen LogP contribution in [0.3, 0.4) is 0 Å². The third kappa shape index (κ3) is 3.98. The van der Waals surface area contributed by atoms with Crippen molar-refractivity contribution in [2.24, 2.45) is 0 Å². The number of fused-ring (bicyclic) bond motifs is 3. The summed E-state index contributed by atoms with van der Waals surface area (Å²) in [7, 11) is -4.27. The summed E-state index contributed by atoms with van der Waals surface area (Å²) in [6.45, 7) is 12.0. The molecular formula is C24H27NO3S. The predicted molar refractivity (Wildman–Crippen MR) is 117 cm³/mol. The molecule has 3 aromatic carbocycles. The van der Waals surface area contributed by atoms with Gasteiger partial charge in [-0.15, -0.1) is 0 Å². The molecule has 4 nitrogen and oxygen atoms in total. The van der Waals surface area contributed by atoms with E-state index in [0.29, 0.717) is 0 Å². The molecule has 0 unspecified atom stereocenters. The number of aryl methyl sites for hydroxylation is 1. The standard InChI is InChI=1S/C17H20N.C7H8O3S/c1-5-18-12(2)17(3,4)16-14-9-7-6-8-13(14)10-11-15(16)18;1-6-2-4-7(5-3-6)11(8,9)10/h6-11H,5H2,1-4H3;2-5H,1H3,(H,8,9,10)/q+1;/p-1.